The van der Waals surface area contributed by atoms with Crippen molar-refractivity contribution in [2.45, 2.75) is 6.92 Å². The molecular formula is C9H15N5O2. The van der Waals surface area contributed by atoms with Crippen molar-refractivity contribution < 1.29 is 0 Å². The van der Waals surface area contributed by atoms with Gasteiger partial charge in [-0.2, -0.15) is 0 Å². The van der Waals surface area contributed by atoms with Crippen molar-refractivity contribution in [3.05, 3.63) is 27.2 Å². The summed E-state index contributed by atoms with van der Waals surface area (Å²) in [4.78, 5) is 28.6. The Kier molecular flexibility index (Phi) is 3.62. The zero-order valence-corrected chi connectivity index (χ0v) is 9.52. The summed E-state index contributed by atoms with van der Waals surface area (Å²) in [6.45, 7) is 2.65. The lowest BCUT2D eigenvalue weighted by atomic mass is 10.5. The number of nitrogens with two attached hydrogens (primary N) is 1. The van der Waals surface area contributed by atoms with Crippen LogP contribution in [0.15, 0.2) is 15.9 Å². The highest BCUT2D eigenvalue weighted by atomic mass is 16.2. The number of aromatic amines is 1. The molecular weight excluding hydrogens is 210 g/mol. The Morgan fingerprint density at radius 2 is 2.00 bits per heavy atom. The van der Waals surface area contributed by atoms with Gasteiger partial charge in [0.15, 0.2) is 11.2 Å². The van der Waals surface area contributed by atoms with Crippen LogP contribution in [0.25, 0.3) is 11.2 Å². The monoisotopic (exact) mass is 225 g/mol. The van der Waals surface area contributed by atoms with Gasteiger partial charge < -0.3 is 10.3 Å². The van der Waals surface area contributed by atoms with Crippen LogP contribution in [0.1, 0.15) is 6.92 Å². The molecule has 0 saturated carbocycles. The fraction of sp³-hybridized carbons (Fsp3) is 0.444. The number of fused-ring (bicyclic) bond motifs is 1. The first-order valence-corrected chi connectivity index (χ1v) is 4.83. The maximum Gasteiger partial charge on any atom is 0.329 e. The first-order chi connectivity index (χ1) is 7.52. The van der Waals surface area contributed by atoms with Crippen LogP contribution in [-0.4, -0.2) is 25.6 Å². The molecule has 3 N–H and O–H groups in total. The van der Waals surface area contributed by atoms with Crippen LogP contribution in [0.5, 0.6) is 0 Å². The van der Waals surface area contributed by atoms with Crippen molar-refractivity contribution in [2.24, 2.45) is 19.8 Å². The molecule has 0 bridgehead atoms. The van der Waals surface area contributed by atoms with Gasteiger partial charge in [-0.25, -0.2) is 9.78 Å². The Bertz CT molecular complexity index is 592. The molecule has 0 unspecified atom stereocenters. The van der Waals surface area contributed by atoms with Crippen LogP contribution < -0.4 is 17.0 Å². The topological polar surface area (TPSA) is 98.7 Å². The number of aryl methyl sites for hydroxylation is 2. The van der Waals surface area contributed by atoms with Gasteiger partial charge in [0.2, 0.25) is 0 Å². The molecule has 16 heavy (non-hydrogen) atoms. The zero-order valence-electron chi connectivity index (χ0n) is 9.52. The van der Waals surface area contributed by atoms with Gasteiger partial charge in [-0.1, -0.05) is 6.92 Å². The molecule has 2 aromatic rings. The molecule has 2 heterocycles. The second-order valence-electron chi connectivity index (χ2n) is 3.25. The lowest BCUT2D eigenvalue weighted by Gasteiger charge is -1.97. The summed E-state index contributed by atoms with van der Waals surface area (Å²) in [6.07, 6.45) is 1.50. The number of hydrogen-bond acceptors (Lipinski definition) is 4. The predicted octanol–water partition coefficient (Wildman–Crippen LogP) is -1.07. The standard InChI is InChI=1S/C7H8N4O2.C2H7N/c1-10-3-8-5-4(10)6(12)9-7(13)11(5)2;1-2-3/h3H,1-2H3,(H,9,12,13);2-3H2,1H3. The van der Waals surface area contributed by atoms with Gasteiger partial charge in [-0.3, -0.25) is 14.3 Å². The number of H-pyrrole nitrogens is 1. The van der Waals surface area contributed by atoms with Gasteiger partial charge in [-0.05, 0) is 6.54 Å². The second-order valence-corrected chi connectivity index (χ2v) is 3.25. The van der Waals surface area contributed by atoms with Gasteiger partial charge in [0, 0.05) is 14.1 Å². The molecule has 0 aliphatic carbocycles. The third kappa shape index (κ3) is 2.03. The van der Waals surface area contributed by atoms with Crippen molar-refractivity contribution in [1.82, 2.24) is 19.1 Å². The average molecular weight is 225 g/mol. The third-order valence-electron chi connectivity index (χ3n) is 1.98. The summed E-state index contributed by atoms with van der Waals surface area (Å²) in [6, 6.07) is 0. The molecule has 0 aliphatic heterocycles. The molecule has 0 aromatic carbocycles. The molecule has 2 rings (SSSR count). The van der Waals surface area contributed by atoms with E-state index in [0.717, 1.165) is 6.54 Å². The fourth-order valence-corrected chi connectivity index (χ4v) is 1.26. The van der Waals surface area contributed by atoms with Gasteiger partial charge in [0.05, 0.1) is 6.33 Å². The van der Waals surface area contributed by atoms with E-state index in [1.54, 1.807) is 18.7 Å². The number of imidazole rings is 1. The molecule has 0 amide bonds. The maximum absolute atomic E-state index is 11.3. The van der Waals surface area contributed by atoms with Gasteiger partial charge in [0.1, 0.15) is 0 Å². The lowest BCUT2D eigenvalue weighted by Crippen LogP contribution is -2.28. The molecule has 88 valence electrons. The van der Waals surface area contributed by atoms with Gasteiger partial charge >= 0.3 is 5.69 Å². The van der Waals surface area contributed by atoms with Crippen LogP contribution in [0.4, 0.5) is 0 Å². The Labute approximate surface area is 91.5 Å². The first kappa shape index (κ1) is 12.2. The lowest BCUT2D eigenvalue weighted by molar-refractivity contribution is 0.829. The molecule has 0 aliphatic rings. The molecule has 2 aromatic heterocycles. The quantitative estimate of drug-likeness (QED) is 0.596. The summed E-state index contributed by atoms with van der Waals surface area (Å²) < 4.78 is 2.88. The molecule has 7 nitrogen and oxygen atoms in total. The Balaban J connectivity index is 0.000000386. The van der Waals surface area contributed by atoms with Crippen molar-refractivity contribution in [2.75, 3.05) is 6.54 Å². The highest BCUT2D eigenvalue weighted by molar-refractivity contribution is 5.69. The maximum atomic E-state index is 11.3. The summed E-state index contributed by atoms with van der Waals surface area (Å²) >= 11 is 0. The minimum Gasteiger partial charge on any atom is -0.331 e. The molecule has 0 spiro atoms. The van der Waals surface area contributed by atoms with Crippen molar-refractivity contribution >= 4 is 11.2 Å². The normalized spacial score (nSPS) is 10.0. The van der Waals surface area contributed by atoms with Crippen molar-refractivity contribution in [1.29, 1.82) is 0 Å². The number of nitrogens with zero attached hydrogens (tertiary/aromatic N) is 3. The summed E-state index contributed by atoms with van der Waals surface area (Å²) in [5.74, 6) is 0. The van der Waals surface area contributed by atoms with Crippen LogP contribution in [0.3, 0.4) is 0 Å². The minimum absolute atomic E-state index is 0.399. The Hall–Kier alpha value is -1.89. The number of hydrogen-bond donors (Lipinski definition) is 2. The van der Waals surface area contributed by atoms with Crippen LogP contribution in [0, 0.1) is 0 Å². The van der Waals surface area contributed by atoms with Gasteiger partial charge in [-0.15, -0.1) is 0 Å². The second kappa shape index (κ2) is 4.75. The van der Waals surface area contributed by atoms with Crippen LogP contribution in [-0.2, 0) is 14.1 Å². The molecule has 0 saturated heterocycles. The van der Waals surface area contributed by atoms with E-state index < -0.39 is 11.2 Å². The zero-order chi connectivity index (χ0) is 12.3. The summed E-state index contributed by atoms with van der Waals surface area (Å²) in [5, 5.41) is 0. The molecule has 0 fully saturated rings. The number of aromatic nitrogens is 4. The minimum atomic E-state index is -0.448. The summed E-state index contributed by atoms with van der Waals surface area (Å²) in [5.41, 5.74) is 4.80. The van der Waals surface area contributed by atoms with Crippen molar-refractivity contribution in [3.8, 4) is 0 Å². The van der Waals surface area contributed by atoms with Gasteiger partial charge in [0.25, 0.3) is 5.56 Å². The fourth-order valence-electron chi connectivity index (χ4n) is 1.26. The van der Waals surface area contributed by atoms with Crippen molar-refractivity contribution in [3.63, 3.8) is 0 Å². The molecule has 0 radical (unpaired) electrons. The largest absolute Gasteiger partial charge is 0.331 e. The SMILES string of the molecule is CCN.Cn1cnc2c1c(=O)[nH]c(=O)n2C. The average Bonchev–Trinajstić information content (AvgIpc) is 2.59. The van der Waals surface area contributed by atoms with E-state index in [0.29, 0.717) is 11.2 Å². The predicted molar refractivity (Wildman–Crippen MR) is 61.3 cm³/mol. The van der Waals surface area contributed by atoms with E-state index in [1.807, 2.05) is 6.92 Å². The van der Waals surface area contributed by atoms with E-state index in [-0.39, 0.29) is 0 Å². The van der Waals surface area contributed by atoms with Crippen LogP contribution >= 0.6 is 0 Å². The Morgan fingerprint density at radius 3 is 2.56 bits per heavy atom. The van der Waals surface area contributed by atoms with E-state index in [1.165, 1.54) is 10.9 Å². The summed E-state index contributed by atoms with van der Waals surface area (Å²) in [7, 11) is 3.27. The smallest absolute Gasteiger partial charge is 0.329 e. The van der Waals surface area contributed by atoms with E-state index in [9.17, 15) is 9.59 Å². The highest BCUT2D eigenvalue weighted by Crippen LogP contribution is 2.00. The molecule has 0 atom stereocenters. The van der Waals surface area contributed by atoms with E-state index in [2.05, 4.69) is 9.97 Å². The van der Waals surface area contributed by atoms with Crippen LogP contribution in [0.2, 0.25) is 0 Å². The van der Waals surface area contributed by atoms with E-state index in [4.69, 9.17) is 5.73 Å². The number of rotatable bonds is 0. The molecule has 7 heteroatoms. The number of nitrogens with one attached hydrogen (secondary N) is 1. The van der Waals surface area contributed by atoms with E-state index >= 15 is 0 Å². The third-order valence-corrected chi connectivity index (χ3v) is 1.98. The highest BCUT2D eigenvalue weighted by Gasteiger charge is 2.08. The Morgan fingerprint density at radius 1 is 1.44 bits per heavy atom. The first-order valence-electron chi connectivity index (χ1n) is 4.83.